The van der Waals surface area contributed by atoms with E-state index < -0.39 is 35.8 Å². The zero-order chi connectivity index (χ0) is 19.1. The van der Waals surface area contributed by atoms with Gasteiger partial charge in [0.1, 0.15) is 17.3 Å². The highest BCUT2D eigenvalue weighted by atomic mass is 19.1. The molecular weight excluding hydrogens is 346 g/mol. The SMILES string of the molecule is CC(=O)Nc1ccc(CC(=O)OCC(=O)Nc2c(F)cccc2F)cc1. The van der Waals surface area contributed by atoms with E-state index in [9.17, 15) is 23.2 Å². The third kappa shape index (κ3) is 5.66. The largest absolute Gasteiger partial charge is 0.455 e. The predicted octanol–water partition coefficient (Wildman–Crippen LogP) is 2.65. The van der Waals surface area contributed by atoms with E-state index in [1.807, 2.05) is 5.32 Å². The van der Waals surface area contributed by atoms with E-state index in [0.717, 1.165) is 18.2 Å². The molecular formula is C18H16F2N2O4. The van der Waals surface area contributed by atoms with Gasteiger partial charge in [0, 0.05) is 12.6 Å². The first kappa shape index (κ1) is 19.0. The number of hydrogen-bond donors (Lipinski definition) is 2. The van der Waals surface area contributed by atoms with Crippen LogP contribution in [0.15, 0.2) is 42.5 Å². The standard InChI is InChI=1S/C18H16F2N2O4/c1-11(23)21-13-7-5-12(6-8-13)9-17(25)26-10-16(24)22-18-14(19)3-2-4-15(18)20/h2-8H,9-10H2,1H3,(H,21,23)(H,22,24). The number of carbonyl (C=O) groups excluding carboxylic acids is 3. The predicted molar refractivity (Wildman–Crippen MR) is 90.4 cm³/mol. The lowest BCUT2D eigenvalue weighted by molar-refractivity contribution is -0.146. The molecule has 0 fully saturated rings. The maximum Gasteiger partial charge on any atom is 0.310 e. The van der Waals surface area contributed by atoms with Crippen molar-refractivity contribution in [3.63, 3.8) is 0 Å². The quantitative estimate of drug-likeness (QED) is 0.774. The molecule has 2 rings (SSSR count). The summed E-state index contributed by atoms with van der Waals surface area (Å²) >= 11 is 0. The number of amides is 2. The second-order valence-electron chi connectivity index (χ2n) is 5.36. The molecule has 0 unspecified atom stereocenters. The molecule has 2 aromatic rings. The lowest BCUT2D eigenvalue weighted by Crippen LogP contribution is -2.22. The van der Waals surface area contributed by atoms with Crippen LogP contribution in [0.25, 0.3) is 0 Å². The molecule has 0 atom stereocenters. The van der Waals surface area contributed by atoms with Crippen molar-refractivity contribution < 1.29 is 27.9 Å². The van der Waals surface area contributed by atoms with Gasteiger partial charge in [-0.2, -0.15) is 0 Å². The molecule has 8 heteroatoms. The van der Waals surface area contributed by atoms with Crippen LogP contribution in [0, 0.1) is 11.6 Å². The van der Waals surface area contributed by atoms with Crippen LogP contribution in [0.5, 0.6) is 0 Å². The molecule has 0 saturated heterocycles. The van der Waals surface area contributed by atoms with Gasteiger partial charge in [-0.3, -0.25) is 14.4 Å². The van der Waals surface area contributed by atoms with Crippen molar-refractivity contribution in [3.05, 3.63) is 59.7 Å². The van der Waals surface area contributed by atoms with Gasteiger partial charge in [0.25, 0.3) is 5.91 Å². The lowest BCUT2D eigenvalue weighted by Gasteiger charge is -2.08. The first-order chi connectivity index (χ1) is 12.3. The number of halogens is 2. The number of anilines is 2. The molecule has 0 aliphatic heterocycles. The van der Waals surface area contributed by atoms with Crippen molar-refractivity contribution in [1.82, 2.24) is 0 Å². The van der Waals surface area contributed by atoms with Crippen LogP contribution < -0.4 is 10.6 Å². The molecule has 0 aliphatic carbocycles. The van der Waals surface area contributed by atoms with Crippen molar-refractivity contribution in [3.8, 4) is 0 Å². The van der Waals surface area contributed by atoms with E-state index in [4.69, 9.17) is 4.74 Å². The number of carbonyl (C=O) groups is 3. The number of hydrogen-bond acceptors (Lipinski definition) is 4. The highest BCUT2D eigenvalue weighted by Crippen LogP contribution is 2.17. The van der Waals surface area contributed by atoms with Gasteiger partial charge in [-0.1, -0.05) is 18.2 Å². The average Bonchev–Trinajstić information content (AvgIpc) is 2.58. The summed E-state index contributed by atoms with van der Waals surface area (Å²) in [5.74, 6) is -3.60. The first-order valence-electron chi connectivity index (χ1n) is 7.61. The van der Waals surface area contributed by atoms with E-state index in [0.29, 0.717) is 11.3 Å². The van der Waals surface area contributed by atoms with E-state index in [1.54, 1.807) is 24.3 Å². The summed E-state index contributed by atoms with van der Waals surface area (Å²) < 4.78 is 31.6. The van der Waals surface area contributed by atoms with Gasteiger partial charge >= 0.3 is 5.97 Å². The van der Waals surface area contributed by atoms with Gasteiger partial charge in [-0.25, -0.2) is 8.78 Å². The molecule has 0 aliphatic rings. The molecule has 0 saturated carbocycles. The van der Waals surface area contributed by atoms with Crippen molar-refractivity contribution in [2.45, 2.75) is 13.3 Å². The molecule has 0 heterocycles. The Bertz CT molecular complexity index is 802. The van der Waals surface area contributed by atoms with Crippen molar-refractivity contribution in [2.24, 2.45) is 0 Å². The van der Waals surface area contributed by atoms with E-state index >= 15 is 0 Å². The number of rotatable bonds is 6. The number of benzene rings is 2. The molecule has 0 bridgehead atoms. The minimum atomic E-state index is -0.927. The third-order valence-electron chi connectivity index (χ3n) is 3.21. The third-order valence-corrected chi connectivity index (χ3v) is 3.21. The topological polar surface area (TPSA) is 84.5 Å². The second-order valence-corrected chi connectivity index (χ2v) is 5.36. The highest BCUT2D eigenvalue weighted by Gasteiger charge is 2.14. The fourth-order valence-corrected chi connectivity index (χ4v) is 2.07. The fraction of sp³-hybridized carbons (Fsp3) is 0.167. The molecule has 2 N–H and O–H groups in total. The molecule has 0 radical (unpaired) electrons. The van der Waals surface area contributed by atoms with Gasteiger partial charge in [0.2, 0.25) is 5.91 Å². The number of esters is 1. The van der Waals surface area contributed by atoms with Crippen LogP contribution in [0.1, 0.15) is 12.5 Å². The van der Waals surface area contributed by atoms with Crippen LogP contribution in [0.2, 0.25) is 0 Å². The Labute approximate surface area is 148 Å². The summed E-state index contributed by atoms with van der Waals surface area (Å²) in [4.78, 5) is 34.3. The van der Waals surface area contributed by atoms with E-state index in [-0.39, 0.29) is 12.3 Å². The van der Waals surface area contributed by atoms with Gasteiger partial charge in [-0.15, -0.1) is 0 Å². The highest BCUT2D eigenvalue weighted by molar-refractivity contribution is 5.93. The Hall–Kier alpha value is -3.29. The van der Waals surface area contributed by atoms with Gasteiger partial charge < -0.3 is 15.4 Å². The molecule has 26 heavy (non-hydrogen) atoms. The summed E-state index contributed by atoms with van der Waals surface area (Å²) in [7, 11) is 0. The summed E-state index contributed by atoms with van der Waals surface area (Å²) in [5, 5.41) is 4.61. The Morgan fingerprint density at radius 1 is 0.962 bits per heavy atom. The summed E-state index contributed by atoms with van der Waals surface area (Å²) in [5.41, 5.74) is 0.604. The normalized spacial score (nSPS) is 10.1. The van der Waals surface area contributed by atoms with E-state index in [1.165, 1.54) is 6.92 Å². The van der Waals surface area contributed by atoms with Crippen LogP contribution in [-0.4, -0.2) is 24.4 Å². The number of nitrogens with one attached hydrogen (secondary N) is 2. The maximum atomic E-state index is 13.4. The molecule has 2 amide bonds. The van der Waals surface area contributed by atoms with Gasteiger partial charge in [0.15, 0.2) is 6.61 Å². The first-order valence-corrected chi connectivity index (χ1v) is 7.61. The van der Waals surface area contributed by atoms with Crippen LogP contribution >= 0.6 is 0 Å². The second kappa shape index (κ2) is 8.70. The van der Waals surface area contributed by atoms with Crippen LogP contribution in [-0.2, 0) is 25.5 Å². The molecule has 6 nitrogen and oxygen atoms in total. The molecule has 0 aromatic heterocycles. The average molecular weight is 362 g/mol. The van der Waals surface area contributed by atoms with Crippen molar-refractivity contribution in [1.29, 1.82) is 0 Å². The minimum Gasteiger partial charge on any atom is -0.455 e. The van der Waals surface area contributed by atoms with E-state index in [2.05, 4.69) is 5.32 Å². The van der Waals surface area contributed by atoms with Crippen molar-refractivity contribution in [2.75, 3.05) is 17.2 Å². The molecule has 0 spiro atoms. The Balaban J connectivity index is 1.82. The molecule has 136 valence electrons. The zero-order valence-corrected chi connectivity index (χ0v) is 13.8. The molecule has 2 aromatic carbocycles. The Kier molecular flexibility index (Phi) is 6.37. The van der Waals surface area contributed by atoms with Crippen LogP contribution in [0.4, 0.5) is 20.2 Å². The maximum absolute atomic E-state index is 13.4. The summed E-state index contributed by atoms with van der Waals surface area (Å²) in [6.45, 7) is 0.708. The monoisotopic (exact) mass is 362 g/mol. The summed E-state index contributed by atoms with van der Waals surface area (Å²) in [6.07, 6.45) is -0.0955. The minimum absolute atomic E-state index is 0.0955. The number of para-hydroxylation sites is 1. The summed E-state index contributed by atoms with van der Waals surface area (Å²) in [6, 6.07) is 9.65. The zero-order valence-electron chi connectivity index (χ0n) is 13.8. The fourth-order valence-electron chi connectivity index (χ4n) is 2.07. The van der Waals surface area contributed by atoms with Gasteiger partial charge in [-0.05, 0) is 29.8 Å². The van der Waals surface area contributed by atoms with Crippen molar-refractivity contribution >= 4 is 29.2 Å². The number of ether oxygens (including phenoxy) is 1. The van der Waals surface area contributed by atoms with Crippen LogP contribution in [0.3, 0.4) is 0 Å². The van der Waals surface area contributed by atoms with Gasteiger partial charge in [0.05, 0.1) is 6.42 Å². The lowest BCUT2D eigenvalue weighted by atomic mass is 10.1. The Morgan fingerprint density at radius 3 is 2.15 bits per heavy atom. The Morgan fingerprint density at radius 2 is 1.58 bits per heavy atom. The smallest absolute Gasteiger partial charge is 0.310 e.